The first kappa shape index (κ1) is 14.1. The molecule has 2 aromatic carbocycles. The smallest absolute Gasteiger partial charge is 0.131 e. The number of nitrogens with one attached hydrogen (secondary N) is 1. The zero-order chi connectivity index (χ0) is 13.8. The molecule has 0 aliphatic rings. The molecule has 0 saturated heterocycles. The highest BCUT2D eigenvalue weighted by molar-refractivity contribution is 9.10. The van der Waals surface area contributed by atoms with E-state index in [1.807, 2.05) is 44.3 Å². The SMILES string of the molecule is CNC(C)c1ccc(Oc2cc(Br)ccc2C)cc1. The molecule has 0 spiro atoms. The quantitative estimate of drug-likeness (QED) is 0.871. The number of hydrogen-bond acceptors (Lipinski definition) is 2. The van der Waals surface area contributed by atoms with Crippen molar-refractivity contribution in [1.29, 1.82) is 0 Å². The van der Waals surface area contributed by atoms with Gasteiger partial charge in [0.25, 0.3) is 0 Å². The minimum Gasteiger partial charge on any atom is -0.457 e. The second-order valence-corrected chi connectivity index (χ2v) is 5.51. The Hall–Kier alpha value is -1.32. The van der Waals surface area contributed by atoms with Gasteiger partial charge in [-0.15, -0.1) is 0 Å². The van der Waals surface area contributed by atoms with Crippen molar-refractivity contribution >= 4 is 15.9 Å². The second kappa shape index (κ2) is 6.22. The summed E-state index contributed by atoms with van der Waals surface area (Å²) in [6.45, 7) is 4.17. The van der Waals surface area contributed by atoms with Crippen molar-refractivity contribution in [1.82, 2.24) is 5.32 Å². The van der Waals surface area contributed by atoms with Gasteiger partial charge in [0.2, 0.25) is 0 Å². The molecule has 0 heterocycles. The molecule has 0 aliphatic heterocycles. The average molecular weight is 320 g/mol. The van der Waals surface area contributed by atoms with Gasteiger partial charge in [0, 0.05) is 10.5 Å². The molecule has 0 bridgehead atoms. The van der Waals surface area contributed by atoms with E-state index in [4.69, 9.17) is 4.74 Å². The van der Waals surface area contributed by atoms with Crippen LogP contribution in [0.3, 0.4) is 0 Å². The van der Waals surface area contributed by atoms with E-state index in [1.165, 1.54) is 5.56 Å². The molecule has 2 rings (SSSR count). The number of halogens is 1. The van der Waals surface area contributed by atoms with Gasteiger partial charge in [0.05, 0.1) is 0 Å². The van der Waals surface area contributed by atoms with Crippen molar-refractivity contribution in [2.75, 3.05) is 7.05 Å². The summed E-state index contributed by atoms with van der Waals surface area (Å²) < 4.78 is 6.93. The Balaban J connectivity index is 2.17. The molecule has 1 unspecified atom stereocenters. The Kier molecular flexibility index (Phi) is 4.61. The Morgan fingerprint density at radius 1 is 1.11 bits per heavy atom. The van der Waals surface area contributed by atoms with Crippen LogP contribution >= 0.6 is 15.9 Å². The summed E-state index contributed by atoms with van der Waals surface area (Å²) >= 11 is 3.46. The van der Waals surface area contributed by atoms with Crippen LogP contribution in [0, 0.1) is 6.92 Å². The van der Waals surface area contributed by atoms with Crippen molar-refractivity contribution in [2.24, 2.45) is 0 Å². The lowest BCUT2D eigenvalue weighted by Gasteiger charge is -2.12. The molecule has 0 radical (unpaired) electrons. The zero-order valence-corrected chi connectivity index (χ0v) is 13.0. The van der Waals surface area contributed by atoms with Crippen LogP contribution in [-0.2, 0) is 0 Å². The molecular formula is C16H18BrNO. The van der Waals surface area contributed by atoms with Crippen LogP contribution in [0.1, 0.15) is 24.1 Å². The van der Waals surface area contributed by atoms with E-state index in [9.17, 15) is 0 Å². The molecule has 1 N–H and O–H groups in total. The second-order valence-electron chi connectivity index (χ2n) is 4.59. The Bertz CT molecular complexity index is 551. The number of aryl methyl sites for hydroxylation is 1. The van der Waals surface area contributed by atoms with Gasteiger partial charge in [-0.25, -0.2) is 0 Å². The van der Waals surface area contributed by atoms with Gasteiger partial charge in [-0.05, 0) is 56.3 Å². The molecule has 100 valence electrons. The van der Waals surface area contributed by atoms with Crippen molar-refractivity contribution in [3.05, 3.63) is 58.1 Å². The first-order chi connectivity index (χ1) is 9.10. The van der Waals surface area contributed by atoms with Gasteiger partial charge in [0.1, 0.15) is 11.5 Å². The molecule has 0 saturated carbocycles. The molecule has 0 aromatic heterocycles. The molecular weight excluding hydrogens is 302 g/mol. The predicted molar refractivity (Wildman–Crippen MR) is 82.9 cm³/mol. The molecule has 3 heteroatoms. The topological polar surface area (TPSA) is 21.3 Å². The molecule has 2 nitrogen and oxygen atoms in total. The third-order valence-corrected chi connectivity index (χ3v) is 3.68. The highest BCUT2D eigenvalue weighted by atomic mass is 79.9. The van der Waals surface area contributed by atoms with Crippen LogP contribution in [0.4, 0.5) is 0 Å². The van der Waals surface area contributed by atoms with E-state index < -0.39 is 0 Å². The lowest BCUT2D eigenvalue weighted by molar-refractivity contribution is 0.478. The van der Waals surface area contributed by atoms with Gasteiger partial charge < -0.3 is 10.1 Å². The van der Waals surface area contributed by atoms with Crippen LogP contribution in [0.5, 0.6) is 11.5 Å². The minimum absolute atomic E-state index is 0.349. The summed E-state index contributed by atoms with van der Waals surface area (Å²) in [6.07, 6.45) is 0. The van der Waals surface area contributed by atoms with Crippen molar-refractivity contribution in [3.63, 3.8) is 0 Å². The van der Waals surface area contributed by atoms with Crippen molar-refractivity contribution in [3.8, 4) is 11.5 Å². The first-order valence-corrected chi connectivity index (χ1v) is 7.10. The molecule has 19 heavy (non-hydrogen) atoms. The van der Waals surface area contributed by atoms with Crippen LogP contribution < -0.4 is 10.1 Å². The first-order valence-electron chi connectivity index (χ1n) is 6.31. The minimum atomic E-state index is 0.349. The van der Waals surface area contributed by atoms with Crippen LogP contribution in [0.2, 0.25) is 0 Å². The fourth-order valence-corrected chi connectivity index (χ4v) is 2.14. The van der Waals surface area contributed by atoms with Gasteiger partial charge in [-0.3, -0.25) is 0 Å². The van der Waals surface area contributed by atoms with Crippen LogP contribution in [0.25, 0.3) is 0 Å². The Morgan fingerprint density at radius 2 is 1.79 bits per heavy atom. The standard InChI is InChI=1S/C16H18BrNO/c1-11-4-7-14(17)10-16(11)19-15-8-5-13(6-9-15)12(2)18-3/h4-10,12,18H,1-3H3. The molecule has 1 atom stereocenters. The van der Waals surface area contributed by atoms with E-state index >= 15 is 0 Å². The van der Waals surface area contributed by atoms with Crippen molar-refractivity contribution in [2.45, 2.75) is 19.9 Å². The number of rotatable bonds is 4. The van der Waals surface area contributed by atoms with E-state index in [0.29, 0.717) is 6.04 Å². The maximum atomic E-state index is 5.91. The third kappa shape index (κ3) is 3.58. The lowest BCUT2D eigenvalue weighted by atomic mass is 10.1. The molecule has 0 fully saturated rings. The number of hydrogen-bond donors (Lipinski definition) is 1. The summed E-state index contributed by atoms with van der Waals surface area (Å²) in [5, 5.41) is 3.22. The Morgan fingerprint density at radius 3 is 2.42 bits per heavy atom. The van der Waals surface area contributed by atoms with Gasteiger partial charge >= 0.3 is 0 Å². The van der Waals surface area contributed by atoms with E-state index in [1.54, 1.807) is 0 Å². The summed E-state index contributed by atoms with van der Waals surface area (Å²) in [5.74, 6) is 1.73. The molecule has 0 amide bonds. The Labute approximate surface area is 122 Å². The van der Waals surface area contributed by atoms with Gasteiger partial charge in [-0.2, -0.15) is 0 Å². The summed E-state index contributed by atoms with van der Waals surface area (Å²) in [4.78, 5) is 0. The highest BCUT2D eigenvalue weighted by Gasteiger charge is 2.05. The maximum absolute atomic E-state index is 5.91. The van der Waals surface area contributed by atoms with Gasteiger partial charge in [0.15, 0.2) is 0 Å². The van der Waals surface area contributed by atoms with E-state index in [2.05, 4.69) is 40.3 Å². The van der Waals surface area contributed by atoms with Crippen LogP contribution in [-0.4, -0.2) is 7.05 Å². The number of ether oxygens (including phenoxy) is 1. The number of benzene rings is 2. The summed E-state index contributed by atoms with van der Waals surface area (Å²) in [5.41, 5.74) is 2.37. The fraction of sp³-hybridized carbons (Fsp3) is 0.250. The highest BCUT2D eigenvalue weighted by Crippen LogP contribution is 2.28. The van der Waals surface area contributed by atoms with Crippen LogP contribution in [0.15, 0.2) is 46.9 Å². The lowest BCUT2D eigenvalue weighted by Crippen LogP contribution is -2.11. The molecule has 2 aromatic rings. The van der Waals surface area contributed by atoms with E-state index in [-0.39, 0.29) is 0 Å². The molecule has 0 aliphatic carbocycles. The largest absolute Gasteiger partial charge is 0.457 e. The van der Waals surface area contributed by atoms with Gasteiger partial charge in [-0.1, -0.05) is 34.1 Å². The normalized spacial score (nSPS) is 12.2. The summed E-state index contributed by atoms with van der Waals surface area (Å²) in [6, 6.07) is 14.6. The summed E-state index contributed by atoms with van der Waals surface area (Å²) in [7, 11) is 1.96. The predicted octanol–water partition coefficient (Wildman–Crippen LogP) is 4.83. The van der Waals surface area contributed by atoms with Crippen molar-refractivity contribution < 1.29 is 4.74 Å². The fourth-order valence-electron chi connectivity index (χ4n) is 1.80. The average Bonchev–Trinajstić information content (AvgIpc) is 2.43. The maximum Gasteiger partial charge on any atom is 0.131 e. The zero-order valence-electron chi connectivity index (χ0n) is 11.4. The van der Waals surface area contributed by atoms with E-state index in [0.717, 1.165) is 21.5 Å². The monoisotopic (exact) mass is 319 g/mol. The third-order valence-electron chi connectivity index (χ3n) is 3.19.